The summed E-state index contributed by atoms with van der Waals surface area (Å²) in [6.07, 6.45) is 5.24. The average molecular weight is 607 g/mol. The summed E-state index contributed by atoms with van der Waals surface area (Å²) >= 11 is 0. The number of carbonyl (C=O) groups is 2. The average Bonchev–Trinajstić information content (AvgIpc) is 3.01. The van der Waals surface area contributed by atoms with Crippen LogP contribution in [-0.4, -0.2) is 106 Å². The molecule has 2 fully saturated rings. The summed E-state index contributed by atoms with van der Waals surface area (Å²) in [6, 6.07) is 16.4. The van der Waals surface area contributed by atoms with E-state index in [1.54, 1.807) is 6.07 Å². The van der Waals surface area contributed by atoms with Gasteiger partial charge in [0.05, 0.1) is 6.04 Å². The number of carboxylic acids is 1. The number of carboxylic acid groups (broad SMARTS) is 1. The molecule has 0 radical (unpaired) electrons. The Kier molecular flexibility index (Phi) is 12.6. The van der Waals surface area contributed by atoms with Gasteiger partial charge in [-0.3, -0.25) is 24.3 Å². The first-order chi connectivity index (χ1) is 21.2. The molecule has 2 unspecified atom stereocenters. The Morgan fingerprint density at radius 1 is 0.886 bits per heavy atom. The van der Waals surface area contributed by atoms with Gasteiger partial charge in [0.25, 0.3) is 5.91 Å². The van der Waals surface area contributed by atoms with Crippen molar-refractivity contribution in [1.29, 1.82) is 0 Å². The molecule has 4 atom stereocenters. The smallest absolute Gasteiger partial charge is 0.303 e. The van der Waals surface area contributed by atoms with Gasteiger partial charge in [0.1, 0.15) is 5.75 Å². The molecule has 2 aliphatic rings. The summed E-state index contributed by atoms with van der Waals surface area (Å²) in [5.41, 5.74) is 2.84. The SMILES string of the molecule is CCC(C)CN1C[C@H](C)N(C(c2cccc(O)c2)c2cccc(C(=O)N3CCN(CCCCCCC(=O)O)CC3)c2)C[C@H]1C. The minimum Gasteiger partial charge on any atom is -0.508 e. The predicted molar refractivity (Wildman–Crippen MR) is 176 cm³/mol. The molecule has 0 spiro atoms. The van der Waals surface area contributed by atoms with Crippen LogP contribution in [0.4, 0.5) is 0 Å². The maximum Gasteiger partial charge on any atom is 0.303 e. The number of piperazine rings is 2. The minimum atomic E-state index is -0.717. The summed E-state index contributed by atoms with van der Waals surface area (Å²) < 4.78 is 0. The number of aromatic hydroxyl groups is 1. The number of amides is 1. The lowest BCUT2D eigenvalue weighted by Crippen LogP contribution is -2.57. The Bertz CT molecular complexity index is 1210. The van der Waals surface area contributed by atoms with E-state index >= 15 is 0 Å². The van der Waals surface area contributed by atoms with Crippen molar-refractivity contribution in [2.75, 3.05) is 52.4 Å². The summed E-state index contributed by atoms with van der Waals surface area (Å²) in [5, 5.41) is 19.2. The Morgan fingerprint density at radius 2 is 1.57 bits per heavy atom. The van der Waals surface area contributed by atoms with Crippen molar-refractivity contribution in [3.8, 4) is 5.75 Å². The fourth-order valence-corrected chi connectivity index (χ4v) is 6.80. The standard InChI is InChI=1S/C36H54N4O4/c1-5-27(2)24-39-25-29(4)40(26-28(39)3)35(31-13-11-15-33(41)23-31)30-12-10-14-32(22-30)36(44)38-20-18-37(19-21-38)17-9-7-6-8-16-34(42)43/h10-15,22-23,27-29,35,41H,5-9,16-21,24-26H2,1-4H3,(H,42,43)/t27?,28-,29+,35?/m1/s1. The van der Waals surface area contributed by atoms with Crippen molar-refractivity contribution in [2.24, 2.45) is 5.92 Å². The van der Waals surface area contributed by atoms with Gasteiger partial charge in [-0.05, 0) is 74.5 Å². The van der Waals surface area contributed by atoms with Crippen LogP contribution >= 0.6 is 0 Å². The van der Waals surface area contributed by atoms with Gasteiger partial charge in [0.15, 0.2) is 0 Å². The van der Waals surface area contributed by atoms with Crippen LogP contribution in [0.1, 0.15) is 93.7 Å². The van der Waals surface area contributed by atoms with Crippen molar-refractivity contribution >= 4 is 11.9 Å². The number of hydrogen-bond donors (Lipinski definition) is 2. The van der Waals surface area contributed by atoms with Gasteiger partial charge in [-0.1, -0.05) is 57.4 Å². The third-order valence-corrected chi connectivity index (χ3v) is 9.65. The van der Waals surface area contributed by atoms with E-state index in [4.69, 9.17) is 5.11 Å². The maximum absolute atomic E-state index is 13.7. The molecule has 4 rings (SSSR count). The van der Waals surface area contributed by atoms with Crippen LogP contribution in [0.5, 0.6) is 5.75 Å². The van der Waals surface area contributed by atoms with E-state index < -0.39 is 5.97 Å². The molecule has 1 amide bonds. The first kappa shape index (κ1) is 33.9. The second-order valence-corrected chi connectivity index (χ2v) is 13.2. The number of benzene rings is 2. The van der Waals surface area contributed by atoms with Crippen LogP contribution in [0.2, 0.25) is 0 Å². The van der Waals surface area contributed by atoms with Crippen LogP contribution in [-0.2, 0) is 4.79 Å². The third kappa shape index (κ3) is 9.29. The van der Waals surface area contributed by atoms with Gasteiger partial charge in [0, 0.05) is 69.9 Å². The van der Waals surface area contributed by atoms with Crippen molar-refractivity contribution in [3.63, 3.8) is 0 Å². The van der Waals surface area contributed by atoms with Crippen molar-refractivity contribution in [1.82, 2.24) is 19.6 Å². The maximum atomic E-state index is 13.7. The van der Waals surface area contributed by atoms with Crippen LogP contribution in [0, 0.1) is 5.92 Å². The van der Waals surface area contributed by atoms with Crippen LogP contribution < -0.4 is 0 Å². The molecule has 2 aromatic rings. The Morgan fingerprint density at radius 3 is 2.25 bits per heavy atom. The molecule has 0 aromatic heterocycles. The number of phenolic OH excluding ortho intramolecular Hbond substituents is 1. The van der Waals surface area contributed by atoms with E-state index in [-0.39, 0.29) is 24.1 Å². The highest BCUT2D eigenvalue weighted by Gasteiger charge is 2.35. The third-order valence-electron chi connectivity index (χ3n) is 9.65. The summed E-state index contributed by atoms with van der Waals surface area (Å²) in [6.45, 7) is 16.4. The highest BCUT2D eigenvalue weighted by atomic mass is 16.4. The lowest BCUT2D eigenvalue weighted by atomic mass is 9.92. The van der Waals surface area contributed by atoms with Gasteiger partial charge < -0.3 is 15.1 Å². The molecule has 2 aromatic carbocycles. The number of nitrogens with zero attached hydrogens (tertiary/aromatic N) is 4. The molecule has 44 heavy (non-hydrogen) atoms. The zero-order chi connectivity index (χ0) is 31.6. The Labute approximate surface area is 264 Å². The normalized spacial score (nSPS) is 21.7. The quantitative estimate of drug-likeness (QED) is 0.266. The van der Waals surface area contributed by atoms with E-state index in [2.05, 4.69) is 60.6 Å². The highest BCUT2D eigenvalue weighted by molar-refractivity contribution is 5.94. The Hall–Kier alpha value is -2.94. The molecule has 2 aliphatic heterocycles. The number of aliphatic carboxylic acids is 1. The molecule has 8 heteroatoms. The lowest BCUT2D eigenvalue weighted by molar-refractivity contribution is -0.137. The fourth-order valence-electron chi connectivity index (χ4n) is 6.80. The van der Waals surface area contributed by atoms with E-state index in [1.165, 1.54) is 6.42 Å². The van der Waals surface area contributed by atoms with Crippen molar-refractivity contribution in [3.05, 3.63) is 65.2 Å². The van der Waals surface area contributed by atoms with Gasteiger partial charge in [-0.2, -0.15) is 0 Å². The first-order valence-electron chi connectivity index (χ1n) is 16.8. The van der Waals surface area contributed by atoms with Crippen molar-refractivity contribution < 1.29 is 19.8 Å². The summed E-state index contributed by atoms with van der Waals surface area (Å²) in [4.78, 5) is 34.0. The molecular formula is C36H54N4O4. The zero-order valence-electron chi connectivity index (χ0n) is 27.3. The van der Waals surface area contributed by atoms with E-state index in [9.17, 15) is 14.7 Å². The molecule has 2 saturated heterocycles. The van der Waals surface area contributed by atoms with Gasteiger partial charge in [0.2, 0.25) is 0 Å². The fraction of sp³-hybridized carbons (Fsp3) is 0.611. The highest BCUT2D eigenvalue weighted by Crippen LogP contribution is 2.35. The van der Waals surface area contributed by atoms with Crippen LogP contribution in [0.3, 0.4) is 0 Å². The first-order valence-corrected chi connectivity index (χ1v) is 16.8. The zero-order valence-corrected chi connectivity index (χ0v) is 27.3. The summed E-state index contributed by atoms with van der Waals surface area (Å²) in [5.74, 6) is 0.285. The van der Waals surface area contributed by atoms with Crippen molar-refractivity contribution in [2.45, 2.75) is 84.3 Å². The molecule has 2 N–H and O–H groups in total. The number of unbranched alkanes of at least 4 members (excludes halogenated alkanes) is 3. The molecule has 242 valence electrons. The second kappa shape index (κ2) is 16.4. The summed E-state index contributed by atoms with van der Waals surface area (Å²) in [7, 11) is 0. The van der Waals surface area contributed by atoms with E-state index in [1.807, 2.05) is 29.2 Å². The van der Waals surface area contributed by atoms with Crippen LogP contribution in [0.15, 0.2) is 48.5 Å². The molecule has 2 heterocycles. The largest absolute Gasteiger partial charge is 0.508 e. The number of rotatable bonds is 14. The number of phenols is 1. The lowest BCUT2D eigenvalue weighted by Gasteiger charge is -2.48. The second-order valence-electron chi connectivity index (χ2n) is 13.2. The monoisotopic (exact) mass is 606 g/mol. The molecule has 8 nitrogen and oxygen atoms in total. The number of hydrogen-bond acceptors (Lipinski definition) is 6. The molecule has 0 aliphatic carbocycles. The topological polar surface area (TPSA) is 87.6 Å². The predicted octanol–water partition coefficient (Wildman–Crippen LogP) is 5.72. The Balaban J connectivity index is 1.43. The molecular weight excluding hydrogens is 552 g/mol. The molecule has 0 bridgehead atoms. The minimum absolute atomic E-state index is 0.0644. The van der Waals surface area contributed by atoms with Crippen LogP contribution in [0.25, 0.3) is 0 Å². The van der Waals surface area contributed by atoms with Gasteiger partial charge >= 0.3 is 5.97 Å². The van der Waals surface area contributed by atoms with Gasteiger partial charge in [-0.25, -0.2) is 0 Å². The van der Waals surface area contributed by atoms with E-state index in [0.29, 0.717) is 31.1 Å². The van der Waals surface area contributed by atoms with Gasteiger partial charge in [-0.15, -0.1) is 0 Å². The van der Waals surface area contributed by atoms with E-state index in [0.717, 1.165) is 81.6 Å². The molecule has 0 saturated carbocycles. The number of carbonyl (C=O) groups excluding carboxylic acids is 1.